The molecule has 3 aromatic rings. The van der Waals surface area contributed by atoms with Gasteiger partial charge in [-0.2, -0.15) is 0 Å². The Kier molecular flexibility index (Phi) is 3.94. The molecular formula is C18H23N. The number of benzene rings is 2. The minimum absolute atomic E-state index is 0.486. The largest absolute Gasteiger partial charge is 0.338 e. The van der Waals surface area contributed by atoms with Crippen LogP contribution in [0.4, 0.5) is 0 Å². The fourth-order valence-electron chi connectivity index (χ4n) is 2.67. The number of hydrogen-bond acceptors (Lipinski definition) is 0. The molecular weight excluding hydrogens is 230 g/mol. The summed E-state index contributed by atoms with van der Waals surface area (Å²) < 4.78 is 2.42. The highest BCUT2D eigenvalue weighted by molar-refractivity contribution is 6.08. The fraction of sp³-hybridized carbons (Fsp3) is 0.333. The van der Waals surface area contributed by atoms with Crippen molar-refractivity contribution >= 4 is 21.8 Å². The van der Waals surface area contributed by atoms with E-state index in [9.17, 15) is 0 Å². The van der Waals surface area contributed by atoms with Gasteiger partial charge in [-0.05, 0) is 39.0 Å². The van der Waals surface area contributed by atoms with Gasteiger partial charge in [-0.25, -0.2) is 0 Å². The summed E-state index contributed by atoms with van der Waals surface area (Å²) in [5, 5.41) is 2.73. The van der Waals surface area contributed by atoms with Gasteiger partial charge in [0.2, 0.25) is 0 Å². The second-order valence-corrected chi connectivity index (χ2v) is 5.00. The first-order valence-electron chi connectivity index (χ1n) is 7.18. The summed E-state index contributed by atoms with van der Waals surface area (Å²) in [6.07, 6.45) is 0. The Bertz CT molecular complexity index is 689. The van der Waals surface area contributed by atoms with Gasteiger partial charge in [0.05, 0.1) is 0 Å². The van der Waals surface area contributed by atoms with E-state index in [0.29, 0.717) is 6.04 Å². The van der Waals surface area contributed by atoms with Crippen molar-refractivity contribution in [2.75, 3.05) is 0 Å². The first-order chi connectivity index (χ1) is 9.18. The van der Waals surface area contributed by atoms with Crippen LogP contribution < -0.4 is 0 Å². The Morgan fingerprint density at radius 3 is 2.16 bits per heavy atom. The van der Waals surface area contributed by atoms with Crippen LogP contribution in [-0.4, -0.2) is 4.57 Å². The molecule has 0 bridgehead atoms. The second-order valence-electron chi connectivity index (χ2n) is 5.00. The fourth-order valence-corrected chi connectivity index (χ4v) is 2.67. The number of rotatable bonds is 1. The van der Waals surface area contributed by atoms with E-state index in [1.54, 1.807) is 0 Å². The lowest BCUT2D eigenvalue weighted by Gasteiger charge is -2.11. The molecule has 0 aliphatic rings. The number of hydrogen-bond donors (Lipinski definition) is 0. The van der Waals surface area contributed by atoms with E-state index in [1.165, 1.54) is 27.4 Å². The first-order valence-corrected chi connectivity index (χ1v) is 7.18. The number of para-hydroxylation sites is 1. The summed E-state index contributed by atoms with van der Waals surface area (Å²) in [6, 6.07) is 15.9. The lowest BCUT2D eigenvalue weighted by molar-refractivity contribution is 0.642. The summed E-state index contributed by atoms with van der Waals surface area (Å²) in [4.78, 5) is 0. The third-order valence-electron chi connectivity index (χ3n) is 3.38. The lowest BCUT2D eigenvalue weighted by atomic mass is 10.1. The Balaban J connectivity index is 0.000000637. The maximum atomic E-state index is 2.42. The van der Waals surface area contributed by atoms with Crippen molar-refractivity contribution in [3.63, 3.8) is 0 Å². The van der Waals surface area contributed by atoms with E-state index in [-0.39, 0.29) is 0 Å². The van der Waals surface area contributed by atoms with Gasteiger partial charge < -0.3 is 4.57 Å². The van der Waals surface area contributed by atoms with E-state index in [4.69, 9.17) is 0 Å². The summed E-state index contributed by atoms with van der Waals surface area (Å²) in [6.45, 7) is 10.6. The summed E-state index contributed by atoms with van der Waals surface area (Å²) in [5.74, 6) is 0. The van der Waals surface area contributed by atoms with Gasteiger partial charge >= 0.3 is 0 Å². The molecule has 1 nitrogen and oxygen atoms in total. The van der Waals surface area contributed by atoms with E-state index < -0.39 is 0 Å². The van der Waals surface area contributed by atoms with Gasteiger partial charge in [-0.15, -0.1) is 0 Å². The van der Waals surface area contributed by atoms with Crippen LogP contribution in [0.25, 0.3) is 21.8 Å². The van der Waals surface area contributed by atoms with Crippen molar-refractivity contribution in [1.29, 1.82) is 0 Å². The molecule has 1 heteroatoms. The van der Waals surface area contributed by atoms with Gasteiger partial charge in [0.1, 0.15) is 0 Å². The number of fused-ring (bicyclic) bond motifs is 3. The van der Waals surface area contributed by atoms with Crippen LogP contribution in [0.15, 0.2) is 42.5 Å². The molecule has 0 radical (unpaired) electrons. The maximum Gasteiger partial charge on any atom is 0.0493 e. The highest BCUT2D eigenvalue weighted by atomic mass is 15.0. The highest BCUT2D eigenvalue weighted by Gasteiger charge is 2.11. The molecule has 0 saturated heterocycles. The molecule has 2 aromatic carbocycles. The highest BCUT2D eigenvalue weighted by Crippen LogP contribution is 2.31. The number of nitrogens with zero attached hydrogens (tertiary/aromatic N) is 1. The Morgan fingerprint density at radius 1 is 0.842 bits per heavy atom. The monoisotopic (exact) mass is 253 g/mol. The zero-order chi connectivity index (χ0) is 14.0. The maximum absolute atomic E-state index is 2.42. The van der Waals surface area contributed by atoms with Crippen molar-refractivity contribution in [3.8, 4) is 0 Å². The standard InChI is InChI=1S/C16H17N.C2H6/c1-11(2)17-15-7-5-4-6-13(15)14-10-12(3)8-9-16(14)17;1-2/h4-11H,1-3H3;1-2H3. The third-order valence-corrected chi connectivity index (χ3v) is 3.38. The second kappa shape index (κ2) is 5.48. The summed E-state index contributed by atoms with van der Waals surface area (Å²) in [7, 11) is 0. The first kappa shape index (κ1) is 13.7. The molecule has 0 atom stereocenters. The van der Waals surface area contributed by atoms with Crippen molar-refractivity contribution in [3.05, 3.63) is 48.0 Å². The van der Waals surface area contributed by atoms with E-state index in [1.807, 2.05) is 13.8 Å². The predicted molar refractivity (Wildman–Crippen MR) is 85.9 cm³/mol. The van der Waals surface area contributed by atoms with Crippen molar-refractivity contribution in [2.45, 2.75) is 40.7 Å². The van der Waals surface area contributed by atoms with Crippen LogP contribution in [0.2, 0.25) is 0 Å². The molecule has 1 aromatic heterocycles. The predicted octanol–water partition coefficient (Wildman–Crippen LogP) is 5.71. The zero-order valence-electron chi connectivity index (χ0n) is 12.6. The third kappa shape index (κ3) is 2.25. The van der Waals surface area contributed by atoms with Crippen molar-refractivity contribution in [1.82, 2.24) is 4.57 Å². The van der Waals surface area contributed by atoms with Crippen LogP contribution in [0.5, 0.6) is 0 Å². The normalized spacial score (nSPS) is 10.8. The van der Waals surface area contributed by atoms with Gasteiger partial charge in [0.25, 0.3) is 0 Å². The Morgan fingerprint density at radius 2 is 1.47 bits per heavy atom. The van der Waals surface area contributed by atoms with Crippen LogP contribution in [0, 0.1) is 6.92 Å². The van der Waals surface area contributed by atoms with Crippen LogP contribution in [-0.2, 0) is 0 Å². The molecule has 1 heterocycles. The topological polar surface area (TPSA) is 4.93 Å². The molecule has 0 fully saturated rings. The number of aromatic nitrogens is 1. The van der Waals surface area contributed by atoms with Gasteiger partial charge in [0, 0.05) is 27.8 Å². The molecule has 0 aliphatic carbocycles. The minimum Gasteiger partial charge on any atom is -0.338 e. The molecule has 0 amide bonds. The van der Waals surface area contributed by atoms with Crippen molar-refractivity contribution < 1.29 is 0 Å². The van der Waals surface area contributed by atoms with Crippen LogP contribution >= 0.6 is 0 Å². The molecule has 0 N–H and O–H groups in total. The molecule has 0 unspecified atom stereocenters. The zero-order valence-corrected chi connectivity index (χ0v) is 12.6. The molecule has 3 rings (SSSR count). The van der Waals surface area contributed by atoms with Crippen LogP contribution in [0.3, 0.4) is 0 Å². The quantitative estimate of drug-likeness (QED) is 0.523. The average molecular weight is 253 g/mol. The van der Waals surface area contributed by atoms with E-state index >= 15 is 0 Å². The average Bonchev–Trinajstić information content (AvgIpc) is 2.75. The smallest absolute Gasteiger partial charge is 0.0493 e. The molecule has 19 heavy (non-hydrogen) atoms. The van der Waals surface area contributed by atoms with Gasteiger partial charge in [0.15, 0.2) is 0 Å². The molecule has 100 valence electrons. The van der Waals surface area contributed by atoms with Gasteiger partial charge in [-0.1, -0.05) is 43.7 Å². The van der Waals surface area contributed by atoms with Gasteiger partial charge in [-0.3, -0.25) is 0 Å². The SMILES string of the molecule is CC.Cc1ccc2c(c1)c1ccccc1n2C(C)C. The van der Waals surface area contributed by atoms with E-state index in [2.05, 4.69) is 67.8 Å². The Hall–Kier alpha value is -1.76. The van der Waals surface area contributed by atoms with Crippen LogP contribution in [0.1, 0.15) is 39.3 Å². The molecule has 0 spiro atoms. The van der Waals surface area contributed by atoms with E-state index in [0.717, 1.165) is 0 Å². The summed E-state index contributed by atoms with van der Waals surface area (Å²) >= 11 is 0. The van der Waals surface area contributed by atoms with Crippen molar-refractivity contribution in [2.24, 2.45) is 0 Å². The molecule has 0 aliphatic heterocycles. The molecule has 0 saturated carbocycles. The summed E-state index contributed by atoms with van der Waals surface area (Å²) in [5.41, 5.74) is 4.00. The number of aryl methyl sites for hydroxylation is 1. The Labute approximate surface area is 115 Å². The lowest BCUT2D eigenvalue weighted by Crippen LogP contribution is -1.99. The minimum atomic E-state index is 0.486.